The first kappa shape index (κ1) is 13.4. The van der Waals surface area contributed by atoms with Gasteiger partial charge in [0.2, 0.25) is 0 Å². The molecule has 0 bridgehead atoms. The molecule has 1 saturated heterocycles. The van der Waals surface area contributed by atoms with Crippen LogP contribution in [0, 0.1) is 5.92 Å². The van der Waals surface area contributed by atoms with Gasteiger partial charge in [-0.25, -0.2) is 4.98 Å². The van der Waals surface area contributed by atoms with Crippen LogP contribution in [-0.4, -0.2) is 22.8 Å². The third-order valence-corrected chi connectivity index (χ3v) is 4.31. The highest BCUT2D eigenvalue weighted by atomic mass is 16.5. The molecule has 4 heteroatoms. The van der Waals surface area contributed by atoms with E-state index in [9.17, 15) is 0 Å². The van der Waals surface area contributed by atoms with Crippen molar-refractivity contribution >= 4 is 16.7 Å². The Morgan fingerprint density at radius 1 is 1.35 bits per heavy atom. The van der Waals surface area contributed by atoms with Gasteiger partial charge in [0.15, 0.2) is 0 Å². The van der Waals surface area contributed by atoms with Crippen LogP contribution < -0.4 is 5.73 Å². The molecule has 0 spiro atoms. The van der Waals surface area contributed by atoms with Gasteiger partial charge in [0.1, 0.15) is 5.82 Å². The minimum Gasteiger partial charge on any atom is -0.399 e. The maximum absolute atomic E-state index is 5.89. The van der Waals surface area contributed by atoms with Crippen molar-refractivity contribution in [2.45, 2.75) is 39.2 Å². The number of nitrogens with zero attached hydrogens (tertiary/aromatic N) is 2. The fraction of sp³-hybridized carbons (Fsp3) is 0.562. The second kappa shape index (κ2) is 5.09. The number of anilines is 1. The quantitative estimate of drug-likeness (QED) is 0.873. The van der Waals surface area contributed by atoms with Crippen molar-refractivity contribution in [1.82, 2.24) is 9.55 Å². The normalized spacial score (nSPS) is 20.9. The lowest BCUT2D eigenvalue weighted by Crippen LogP contribution is -2.19. The molecule has 4 nitrogen and oxygen atoms in total. The summed E-state index contributed by atoms with van der Waals surface area (Å²) in [7, 11) is 0. The zero-order valence-electron chi connectivity index (χ0n) is 12.5. The monoisotopic (exact) mass is 273 g/mol. The Morgan fingerprint density at radius 2 is 2.15 bits per heavy atom. The van der Waals surface area contributed by atoms with Crippen molar-refractivity contribution in [3.63, 3.8) is 0 Å². The van der Waals surface area contributed by atoms with Gasteiger partial charge in [0.25, 0.3) is 0 Å². The molecule has 20 heavy (non-hydrogen) atoms. The number of hydrogen-bond donors (Lipinski definition) is 1. The maximum Gasteiger partial charge on any atom is 0.112 e. The third-order valence-electron chi connectivity index (χ3n) is 4.31. The number of nitrogen functional groups attached to an aromatic ring is 1. The molecule has 2 aromatic rings. The van der Waals surface area contributed by atoms with E-state index in [1.54, 1.807) is 0 Å². The Hall–Kier alpha value is -1.55. The molecular formula is C16H23N3O. The Bertz CT molecular complexity index is 611. The van der Waals surface area contributed by atoms with Crippen LogP contribution in [0.2, 0.25) is 0 Å². The molecule has 0 saturated carbocycles. The minimum absolute atomic E-state index is 0.397. The molecule has 1 aliphatic heterocycles. The van der Waals surface area contributed by atoms with Gasteiger partial charge >= 0.3 is 0 Å². The van der Waals surface area contributed by atoms with Gasteiger partial charge in [-0.15, -0.1) is 0 Å². The zero-order chi connectivity index (χ0) is 14.3. The molecular weight excluding hydrogens is 250 g/mol. The van der Waals surface area contributed by atoms with Crippen molar-refractivity contribution in [3.8, 4) is 0 Å². The van der Waals surface area contributed by atoms with Crippen LogP contribution in [0.3, 0.4) is 0 Å². The van der Waals surface area contributed by atoms with E-state index in [-0.39, 0.29) is 0 Å². The molecule has 1 aliphatic rings. The molecule has 2 N–H and O–H groups in total. The SMILES string of the molecule is CC(C)c1nc2cc(N)ccc2n1C(C)C1CCOC1. The highest BCUT2D eigenvalue weighted by molar-refractivity contribution is 5.80. The van der Waals surface area contributed by atoms with Gasteiger partial charge in [-0.1, -0.05) is 13.8 Å². The van der Waals surface area contributed by atoms with Gasteiger partial charge in [-0.2, -0.15) is 0 Å². The van der Waals surface area contributed by atoms with Crippen molar-refractivity contribution in [2.75, 3.05) is 18.9 Å². The van der Waals surface area contributed by atoms with Gasteiger partial charge in [-0.05, 0) is 31.5 Å². The summed E-state index contributed by atoms with van der Waals surface area (Å²) in [6.45, 7) is 8.40. The molecule has 0 radical (unpaired) electrons. The number of ether oxygens (including phenoxy) is 1. The molecule has 2 atom stereocenters. The summed E-state index contributed by atoms with van der Waals surface area (Å²) in [5, 5.41) is 0. The van der Waals surface area contributed by atoms with E-state index in [1.807, 2.05) is 12.1 Å². The summed E-state index contributed by atoms with van der Waals surface area (Å²) in [6.07, 6.45) is 1.13. The topological polar surface area (TPSA) is 53.1 Å². The second-order valence-electron chi connectivity index (χ2n) is 6.11. The lowest BCUT2D eigenvalue weighted by atomic mass is 9.99. The van der Waals surface area contributed by atoms with Crippen molar-refractivity contribution in [2.24, 2.45) is 5.92 Å². The number of aromatic nitrogens is 2. The van der Waals surface area contributed by atoms with Crippen molar-refractivity contribution in [1.29, 1.82) is 0 Å². The van der Waals surface area contributed by atoms with Gasteiger partial charge in [0, 0.05) is 30.2 Å². The van der Waals surface area contributed by atoms with E-state index in [1.165, 1.54) is 5.52 Å². The van der Waals surface area contributed by atoms with E-state index >= 15 is 0 Å². The van der Waals surface area contributed by atoms with E-state index in [0.717, 1.165) is 36.7 Å². The van der Waals surface area contributed by atoms with Gasteiger partial charge < -0.3 is 15.0 Å². The minimum atomic E-state index is 0.397. The molecule has 0 aliphatic carbocycles. The lowest BCUT2D eigenvalue weighted by Gasteiger charge is -2.23. The van der Waals surface area contributed by atoms with Crippen LogP contribution in [0.15, 0.2) is 18.2 Å². The van der Waals surface area contributed by atoms with E-state index in [2.05, 4.69) is 31.4 Å². The van der Waals surface area contributed by atoms with Gasteiger partial charge in [-0.3, -0.25) is 0 Å². The number of imidazole rings is 1. The number of rotatable bonds is 3. The summed E-state index contributed by atoms with van der Waals surface area (Å²) in [5.74, 6) is 2.11. The summed E-state index contributed by atoms with van der Waals surface area (Å²) in [4.78, 5) is 4.81. The molecule has 108 valence electrons. The highest BCUT2D eigenvalue weighted by Gasteiger charge is 2.27. The predicted molar refractivity (Wildman–Crippen MR) is 81.9 cm³/mol. The van der Waals surface area contributed by atoms with E-state index in [4.69, 9.17) is 15.5 Å². The number of hydrogen-bond acceptors (Lipinski definition) is 3. The van der Waals surface area contributed by atoms with Crippen LogP contribution in [0.4, 0.5) is 5.69 Å². The largest absolute Gasteiger partial charge is 0.399 e. The van der Waals surface area contributed by atoms with Gasteiger partial charge in [0.05, 0.1) is 17.6 Å². The summed E-state index contributed by atoms with van der Waals surface area (Å²) < 4.78 is 7.94. The third kappa shape index (κ3) is 2.18. The standard InChI is InChI=1S/C16H23N3O/c1-10(2)16-18-14-8-13(17)4-5-15(14)19(16)11(3)12-6-7-20-9-12/h4-5,8,10-12H,6-7,9,17H2,1-3H3. The van der Waals surface area contributed by atoms with E-state index in [0.29, 0.717) is 17.9 Å². The number of benzene rings is 1. The summed E-state index contributed by atoms with van der Waals surface area (Å²) in [5.41, 5.74) is 8.84. The highest BCUT2D eigenvalue weighted by Crippen LogP contribution is 2.33. The summed E-state index contributed by atoms with van der Waals surface area (Å²) in [6, 6.07) is 6.43. The fourth-order valence-corrected chi connectivity index (χ4v) is 3.11. The first-order valence-corrected chi connectivity index (χ1v) is 7.43. The van der Waals surface area contributed by atoms with Crippen molar-refractivity contribution in [3.05, 3.63) is 24.0 Å². The molecule has 1 fully saturated rings. The Balaban J connectivity index is 2.13. The fourth-order valence-electron chi connectivity index (χ4n) is 3.11. The predicted octanol–water partition coefficient (Wildman–Crippen LogP) is 3.34. The molecule has 0 amide bonds. The maximum atomic E-state index is 5.89. The number of nitrogens with two attached hydrogens (primary N) is 1. The molecule has 2 heterocycles. The average molecular weight is 273 g/mol. The van der Waals surface area contributed by atoms with Crippen LogP contribution in [0.5, 0.6) is 0 Å². The number of fused-ring (bicyclic) bond motifs is 1. The first-order valence-electron chi connectivity index (χ1n) is 7.43. The molecule has 1 aromatic carbocycles. The zero-order valence-corrected chi connectivity index (χ0v) is 12.5. The summed E-state index contributed by atoms with van der Waals surface area (Å²) >= 11 is 0. The second-order valence-corrected chi connectivity index (χ2v) is 6.11. The molecule has 1 aromatic heterocycles. The smallest absolute Gasteiger partial charge is 0.112 e. The van der Waals surface area contributed by atoms with Crippen LogP contribution in [0.25, 0.3) is 11.0 Å². The molecule has 3 rings (SSSR count). The molecule has 2 unspecified atom stereocenters. The first-order chi connectivity index (χ1) is 9.58. The Kier molecular flexibility index (Phi) is 3.42. The Labute approximate surface area is 119 Å². The van der Waals surface area contributed by atoms with Crippen LogP contribution >= 0.6 is 0 Å². The van der Waals surface area contributed by atoms with Crippen LogP contribution in [-0.2, 0) is 4.74 Å². The van der Waals surface area contributed by atoms with Crippen molar-refractivity contribution < 1.29 is 4.74 Å². The Morgan fingerprint density at radius 3 is 2.80 bits per heavy atom. The lowest BCUT2D eigenvalue weighted by molar-refractivity contribution is 0.175. The van der Waals surface area contributed by atoms with Crippen LogP contribution in [0.1, 0.15) is 45.0 Å². The average Bonchev–Trinajstić information content (AvgIpc) is 3.04. The van der Waals surface area contributed by atoms with E-state index < -0.39 is 0 Å².